The fraction of sp³-hybridized carbons (Fsp3) is 0.417. The third-order valence-electron chi connectivity index (χ3n) is 2.36. The van der Waals surface area contributed by atoms with Gasteiger partial charge in [0.05, 0.1) is 6.10 Å². The Morgan fingerprint density at radius 1 is 1.43 bits per heavy atom. The van der Waals surface area contributed by atoms with E-state index in [-0.39, 0.29) is 0 Å². The van der Waals surface area contributed by atoms with E-state index < -0.39 is 0 Å². The number of carbonyl (C=O) groups excluding carboxylic acids is 1. The molecule has 2 nitrogen and oxygen atoms in total. The zero-order chi connectivity index (χ0) is 9.97. The lowest BCUT2D eigenvalue weighted by Gasteiger charge is -2.07. The Kier molecular flexibility index (Phi) is 2.53. The van der Waals surface area contributed by atoms with Crippen LogP contribution in [-0.4, -0.2) is 12.4 Å². The van der Waals surface area contributed by atoms with Crippen LogP contribution in [0.2, 0.25) is 0 Å². The predicted molar refractivity (Wildman–Crippen MR) is 54.9 cm³/mol. The van der Waals surface area contributed by atoms with Gasteiger partial charge >= 0.3 is 0 Å². The zero-order valence-corrected chi connectivity index (χ0v) is 8.32. The number of hydrogen-bond acceptors (Lipinski definition) is 2. The van der Waals surface area contributed by atoms with Gasteiger partial charge in [0.15, 0.2) is 0 Å². The van der Waals surface area contributed by atoms with Crippen molar-refractivity contribution < 1.29 is 9.53 Å². The van der Waals surface area contributed by atoms with Crippen molar-refractivity contribution in [1.82, 2.24) is 0 Å². The van der Waals surface area contributed by atoms with Gasteiger partial charge in [-0.1, -0.05) is 6.92 Å². The van der Waals surface area contributed by atoms with Crippen LogP contribution in [0.3, 0.4) is 0 Å². The number of ether oxygens (including phenoxy) is 1. The van der Waals surface area contributed by atoms with Gasteiger partial charge in [-0.3, -0.25) is 4.79 Å². The molecule has 1 aliphatic carbocycles. The van der Waals surface area contributed by atoms with Crippen LogP contribution < -0.4 is 4.74 Å². The molecule has 14 heavy (non-hydrogen) atoms. The summed E-state index contributed by atoms with van der Waals surface area (Å²) >= 11 is 0. The maximum Gasteiger partial charge on any atom is 0.150 e. The Labute approximate surface area is 83.9 Å². The summed E-state index contributed by atoms with van der Waals surface area (Å²) in [4.78, 5) is 10.7. The van der Waals surface area contributed by atoms with Crippen LogP contribution in [0.25, 0.3) is 0 Å². The van der Waals surface area contributed by atoms with Gasteiger partial charge in [0.1, 0.15) is 12.0 Å². The molecule has 1 aliphatic rings. The number of aldehydes is 1. The monoisotopic (exact) mass is 190 g/mol. The van der Waals surface area contributed by atoms with Crippen LogP contribution >= 0.6 is 0 Å². The molecule has 74 valence electrons. The molecule has 0 N–H and O–H groups in total. The van der Waals surface area contributed by atoms with E-state index >= 15 is 0 Å². The average Bonchev–Trinajstić information content (AvgIpc) is 3.01. The fourth-order valence-electron chi connectivity index (χ4n) is 1.40. The van der Waals surface area contributed by atoms with E-state index in [9.17, 15) is 4.79 Å². The lowest BCUT2D eigenvalue weighted by molar-refractivity contribution is 0.112. The van der Waals surface area contributed by atoms with E-state index in [0.29, 0.717) is 11.7 Å². The lowest BCUT2D eigenvalue weighted by atomic mass is 10.1. The van der Waals surface area contributed by atoms with Gasteiger partial charge in [-0.2, -0.15) is 0 Å². The minimum atomic E-state index is 0.390. The maximum atomic E-state index is 10.7. The maximum absolute atomic E-state index is 10.7. The first-order chi connectivity index (χ1) is 6.81. The molecule has 0 spiro atoms. The molecule has 0 heterocycles. The number of rotatable bonds is 4. The topological polar surface area (TPSA) is 26.3 Å². The Balaban J connectivity index is 2.23. The molecular formula is C12H14O2. The lowest BCUT2D eigenvalue weighted by Crippen LogP contribution is -1.97. The molecule has 1 fully saturated rings. The SMILES string of the molecule is CCc1cc(C=O)cc(OC2CC2)c1. The molecule has 2 rings (SSSR count). The molecular weight excluding hydrogens is 176 g/mol. The van der Waals surface area contributed by atoms with Gasteiger partial charge in [0.2, 0.25) is 0 Å². The predicted octanol–water partition coefficient (Wildman–Crippen LogP) is 2.60. The van der Waals surface area contributed by atoms with Gasteiger partial charge in [0.25, 0.3) is 0 Å². The summed E-state index contributed by atoms with van der Waals surface area (Å²) in [5.74, 6) is 0.842. The van der Waals surface area contributed by atoms with Crippen LogP contribution in [0.1, 0.15) is 35.7 Å². The summed E-state index contributed by atoms with van der Waals surface area (Å²) in [6, 6.07) is 5.74. The number of carbonyl (C=O) groups is 1. The third kappa shape index (κ3) is 2.13. The van der Waals surface area contributed by atoms with E-state index in [0.717, 1.165) is 36.9 Å². The first kappa shape index (κ1) is 9.25. The molecule has 0 atom stereocenters. The van der Waals surface area contributed by atoms with E-state index in [4.69, 9.17) is 4.74 Å². The summed E-state index contributed by atoms with van der Waals surface area (Å²) in [5, 5.41) is 0. The van der Waals surface area contributed by atoms with Crippen LogP contribution in [0.15, 0.2) is 18.2 Å². The molecule has 2 heteroatoms. The first-order valence-corrected chi connectivity index (χ1v) is 5.07. The molecule has 0 aliphatic heterocycles. The van der Waals surface area contributed by atoms with Gasteiger partial charge < -0.3 is 4.74 Å². The van der Waals surface area contributed by atoms with Crippen molar-refractivity contribution >= 4 is 6.29 Å². The highest BCUT2D eigenvalue weighted by molar-refractivity contribution is 5.76. The molecule has 0 bridgehead atoms. The van der Waals surface area contributed by atoms with Crippen molar-refractivity contribution in [2.45, 2.75) is 32.3 Å². The van der Waals surface area contributed by atoms with Crippen molar-refractivity contribution in [3.8, 4) is 5.75 Å². The number of hydrogen-bond donors (Lipinski definition) is 0. The average molecular weight is 190 g/mol. The Morgan fingerprint density at radius 2 is 2.21 bits per heavy atom. The van der Waals surface area contributed by atoms with Gasteiger partial charge in [-0.25, -0.2) is 0 Å². The summed E-state index contributed by atoms with van der Waals surface area (Å²) in [6.45, 7) is 2.07. The Morgan fingerprint density at radius 3 is 2.79 bits per heavy atom. The Bertz CT molecular complexity index is 340. The molecule has 0 aromatic heterocycles. The minimum absolute atomic E-state index is 0.390. The molecule has 1 saturated carbocycles. The van der Waals surface area contributed by atoms with Crippen molar-refractivity contribution in [3.63, 3.8) is 0 Å². The Hall–Kier alpha value is -1.31. The molecule has 0 unspecified atom stereocenters. The smallest absolute Gasteiger partial charge is 0.150 e. The van der Waals surface area contributed by atoms with Crippen molar-refractivity contribution in [2.24, 2.45) is 0 Å². The largest absolute Gasteiger partial charge is 0.490 e. The van der Waals surface area contributed by atoms with E-state index in [1.807, 2.05) is 18.2 Å². The number of aryl methyl sites for hydroxylation is 1. The van der Waals surface area contributed by atoms with Crippen molar-refractivity contribution in [1.29, 1.82) is 0 Å². The normalized spacial score (nSPS) is 15.2. The second kappa shape index (κ2) is 3.82. The molecule has 0 amide bonds. The van der Waals surface area contributed by atoms with Gasteiger partial charge in [-0.05, 0) is 43.0 Å². The highest BCUT2D eigenvalue weighted by atomic mass is 16.5. The second-order valence-electron chi connectivity index (χ2n) is 3.70. The molecule has 0 radical (unpaired) electrons. The molecule has 0 saturated heterocycles. The minimum Gasteiger partial charge on any atom is -0.490 e. The fourth-order valence-corrected chi connectivity index (χ4v) is 1.40. The standard InChI is InChI=1S/C12H14O2/c1-2-9-5-10(8-13)7-12(6-9)14-11-3-4-11/h5-8,11H,2-4H2,1H3. The van der Waals surface area contributed by atoms with E-state index in [1.165, 1.54) is 0 Å². The summed E-state index contributed by atoms with van der Waals surface area (Å²) in [7, 11) is 0. The van der Waals surface area contributed by atoms with E-state index in [1.54, 1.807) is 0 Å². The summed E-state index contributed by atoms with van der Waals surface area (Å²) in [6.07, 6.45) is 4.49. The van der Waals surface area contributed by atoms with Crippen LogP contribution in [0.4, 0.5) is 0 Å². The van der Waals surface area contributed by atoms with E-state index in [2.05, 4.69) is 6.92 Å². The van der Waals surface area contributed by atoms with Crippen LogP contribution in [0, 0.1) is 0 Å². The number of benzene rings is 1. The summed E-state index contributed by atoms with van der Waals surface area (Å²) < 4.78 is 5.65. The summed E-state index contributed by atoms with van der Waals surface area (Å²) in [5.41, 5.74) is 1.87. The highest BCUT2D eigenvalue weighted by Gasteiger charge is 2.23. The van der Waals surface area contributed by atoms with Crippen LogP contribution in [-0.2, 0) is 6.42 Å². The van der Waals surface area contributed by atoms with Crippen molar-refractivity contribution in [2.75, 3.05) is 0 Å². The van der Waals surface area contributed by atoms with Gasteiger partial charge in [0, 0.05) is 5.56 Å². The quantitative estimate of drug-likeness (QED) is 0.682. The van der Waals surface area contributed by atoms with Crippen LogP contribution in [0.5, 0.6) is 5.75 Å². The molecule has 1 aromatic rings. The third-order valence-corrected chi connectivity index (χ3v) is 2.36. The molecule has 1 aromatic carbocycles. The second-order valence-corrected chi connectivity index (χ2v) is 3.70. The van der Waals surface area contributed by atoms with Gasteiger partial charge in [-0.15, -0.1) is 0 Å². The first-order valence-electron chi connectivity index (χ1n) is 5.07. The highest BCUT2D eigenvalue weighted by Crippen LogP contribution is 2.27. The zero-order valence-electron chi connectivity index (χ0n) is 8.32. The van der Waals surface area contributed by atoms with Crippen molar-refractivity contribution in [3.05, 3.63) is 29.3 Å².